The quantitative estimate of drug-likeness (QED) is 0.801. The van der Waals surface area contributed by atoms with Crippen LogP contribution in [0.2, 0.25) is 0 Å². The number of amides is 1. The molecule has 0 aromatic carbocycles. The fourth-order valence-electron chi connectivity index (χ4n) is 5.13. The molecule has 146 valence electrons. The number of hydrogen-bond acceptors (Lipinski definition) is 3. The van der Waals surface area contributed by atoms with Crippen molar-refractivity contribution in [2.24, 2.45) is 17.8 Å². The predicted molar refractivity (Wildman–Crippen MR) is 104 cm³/mol. The van der Waals surface area contributed by atoms with Crippen LogP contribution in [0.25, 0.3) is 0 Å². The van der Waals surface area contributed by atoms with Gasteiger partial charge in [0.25, 0.3) is 0 Å². The van der Waals surface area contributed by atoms with E-state index in [4.69, 9.17) is 4.74 Å². The van der Waals surface area contributed by atoms with E-state index < -0.39 is 0 Å². The summed E-state index contributed by atoms with van der Waals surface area (Å²) in [6, 6.07) is 1.63. The lowest BCUT2D eigenvalue weighted by Gasteiger charge is -2.38. The first kappa shape index (κ1) is 21.0. The molecule has 3 rings (SSSR count). The van der Waals surface area contributed by atoms with Crippen molar-refractivity contribution < 1.29 is 9.53 Å². The number of halogens is 1. The Bertz CT molecular complexity index is 433. The minimum Gasteiger partial charge on any atom is -0.368 e. The number of rotatable bonds is 5. The van der Waals surface area contributed by atoms with Crippen molar-refractivity contribution in [1.29, 1.82) is 0 Å². The minimum atomic E-state index is 0. The largest absolute Gasteiger partial charge is 0.368 e. The predicted octanol–water partition coefficient (Wildman–Crippen LogP) is 3.63. The van der Waals surface area contributed by atoms with Crippen LogP contribution in [-0.2, 0) is 9.53 Å². The van der Waals surface area contributed by atoms with E-state index in [-0.39, 0.29) is 31.0 Å². The third kappa shape index (κ3) is 5.11. The molecule has 2 heterocycles. The SMILES string of the molecule is CC1CCC(C(C)C)C(OCC(=O)N(C)C2CC3CCC(C2)N3)C1.Cl. The van der Waals surface area contributed by atoms with Crippen LogP contribution in [0.15, 0.2) is 0 Å². The molecule has 1 aliphatic carbocycles. The molecule has 0 radical (unpaired) electrons. The molecule has 2 aliphatic heterocycles. The van der Waals surface area contributed by atoms with Gasteiger partial charge in [-0.05, 0) is 56.3 Å². The van der Waals surface area contributed by atoms with Crippen LogP contribution >= 0.6 is 12.4 Å². The Morgan fingerprint density at radius 2 is 1.76 bits per heavy atom. The van der Waals surface area contributed by atoms with Crippen LogP contribution < -0.4 is 5.32 Å². The Hall–Kier alpha value is -0.320. The van der Waals surface area contributed by atoms with E-state index in [9.17, 15) is 4.79 Å². The highest BCUT2D eigenvalue weighted by Gasteiger charge is 2.37. The Kier molecular flexibility index (Phi) is 7.60. The lowest BCUT2D eigenvalue weighted by atomic mass is 9.75. The molecular formula is C20H37ClN2O2. The Morgan fingerprint density at radius 1 is 1.12 bits per heavy atom. The van der Waals surface area contributed by atoms with Gasteiger partial charge < -0.3 is 15.0 Å². The van der Waals surface area contributed by atoms with E-state index in [1.165, 1.54) is 25.7 Å². The zero-order valence-corrected chi connectivity index (χ0v) is 17.2. The third-order valence-electron chi connectivity index (χ3n) is 6.77. The second-order valence-electron chi connectivity index (χ2n) is 8.94. The van der Waals surface area contributed by atoms with Crippen molar-refractivity contribution in [3.63, 3.8) is 0 Å². The van der Waals surface area contributed by atoms with Gasteiger partial charge in [0.2, 0.25) is 5.91 Å². The number of carbonyl (C=O) groups excluding carboxylic acids is 1. The summed E-state index contributed by atoms with van der Waals surface area (Å²) in [5, 5.41) is 3.65. The van der Waals surface area contributed by atoms with Crippen LogP contribution in [0, 0.1) is 17.8 Å². The van der Waals surface area contributed by atoms with Crippen molar-refractivity contribution in [2.75, 3.05) is 13.7 Å². The molecule has 5 heteroatoms. The molecule has 5 unspecified atom stereocenters. The molecule has 3 aliphatic rings. The smallest absolute Gasteiger partial charge is 0.248 e. The zero-order valence-electron chi connectivity index (χ0n) is 16.4. The number of hydrogen-bond donors (Lipinski definition) is 1. The molecule has 1 saturated carbocycles. The van der Waals surface area contributed by atoms with Gasteiger partial charge in [-0.3, -0.25) is 4.79 Å². The fourth-order valence-corrected chi connectivity index (χ4v) is 5.13. The standard InChI is InChI=1S/C20H36N2O2.ClH/c1-13(2)18-8-5-14(3)9-19(18)24-12-20(23)22(4)17-10-15-6-7-16(11-17)21-15;/h13-19,21H,5-12H2,1-4H3;1H. The average molecular weight is 373 g/mol. The summed E-state index contributed by atoms with van der Waals surface area (Å²) in [5.41, 5.74) is 0. The molecule has 0 spiro atoms. The van der Waals surface area contributed by atoms with Gasteiger partial charge in [-0.25, -0.2) is 0 Å². The summed E-state index contributed by atoms with van der Waals surface area (Å²) in [6.45, 7) is 7.15. The highest BCUT2D eigenvalue weighted by atomic mass is 35.5. The van der Waals surface area contributed by atoms with Crippen LogP contribution in [0.5, 0.6) is 0 Å². The van der Waals surface area contributed by atoms with Crippen molar-refractivity contribution in [2.45, 2.75) is 89.9 Å². The summed E-state index contributed by atoms with van der Waals surface area (Å²) in [7, 11) is 1.98. The van der Waals surface area contributed by atoms with Crippen molar-refractivity contribution in [3.05, 3.63) is 0 Å². The Labute approximate surface area is 159 Å². The van der Waals surface area contributed by atoms with E-state index >= 15 is 0 Å². The fraction of sp³-hybridized carbons (Fsp3) is 0.950. The molecule has 0 aromatic rings. The van der Waals surface area contributed by atoms with Crippen LogP contribution in [-0.4, -0.2) is 48.7 Å². The average Bonchev–Trinajstić information content (AvgIpc) is 2.89. The first-order valence-electron chi connectivity index (χ1n) is 10.1. The second kappa shape index (κ2) is 9.05. The number of piperidine rings is 1. The van der Waals surface area contributed by atoms with Gasteiger partial charge in [0.05, 0.1) is 6.10 Å². The Morgan fingerprint density at radius 3 is 2.36 bits per heavy atom. The maximum atomic E-state index is 12.7. The second-order valence-corrected chi connectivity index (χ2v) is 8.94. The highest BCUT2D eigenvalue weighted by molar-refractivity contribution is 5.85. The maximum Gasteiger partial charge on any atom is 0.248 e. The van der Waals surface area contributed by atoms with Crippen molar-refractivity contribution >= 4 is 18.3 Å². The van der Waals surface area contributed by atoms with Crippen LogP contribution in [0.4, 0.5) is 0 Å². The van der Waals surface area contributed by atoms with Gasteiger partial charge in [-0.15, -0.1) is 12.4 Å². The highest BCUT2D eigenvalue weighted by Crippen LogP contribution is 2.35. The van der Waals surface area contributed by atoms with Gasteiger partial charge >= 0.3 is 0 Å². The topological polar surface area (TPSA) is 41.6 Å². The molecule has 4 nitrogen and oxygen atoms in total. The van der Waals surface area contributed by atoms with Gasteiger partial charge in [0.1, 0.15) is 6.61 Å². The third-order valence-corrected chi connectivity index (χ3v) is 6.77. The summed E-state index contributed by atoms with van der Waals surface area (Å²) >= 11 is 0. The molecule has 1 N–H and O–H groups in total. The van der Waals surface area contributed by atoms with Crippen molar-refractivity contribution in [1.82, 2.24) is 10.2 Å². The van der Waals surface area contributed by atoms with Crippen LogP contribution in [0.3, 0.4) is 0 Å². The lowest BCUT2D eigenvalue weighted by molar-refractivity contribution is -0.143. The summed E-state index contributed by atoms with van der Waals surface area (Å²) < 4.78 is 6.16. The number of carbonyl (C=O) groups is 1. The van der Waals surface area contributed by atoms with Crippen LogP contribution in [0.1, 0.15) is 65.7 Å². The van der Waals surface area contributed by atoms with E-state index in [1.807, 2.05) is 11.9 Å². The van der Waals surface area contributed by atoms with E-state index in [2.05, 4.69) is 26.1 Å². The molecule has 2 bridgehead atoms. The van der Waals surface area contributed by atoms with Gasteiger partial charge in [-0.1, -0.05) is 27.2 Å². The molecule has 25 heavy (non-hydrogen) atoms. The minimum absolute atomic E-state index is 0. The number of nitrogens with one attached hydrogen (secondary N) is 1. The van der Waals surface area contributed by atoms with E-state index in [0.29, 0.717) is 30.0 Å². The number of nitrogens with zero attached hydrogens (tertiary/aromatic N) is 1. The summed E-state index contributed by atoms with van der Waals surface area (Å²) in [5.74, 6) is 2.13. The first-order valence-corrected chi connectivity index (χ1v) is 10.1. The van der Waals surface area contributed by atoms with Gasteiger partial charge in [0.15, 0.2) is 0 Å². The van der Waals surface area contributed by atoms with Gasteiger partial charge in [0, 0.05) is 25.2 Å². The molecule has 2 saturated heterocycles. The Balaban J connectivity index is 0.00000225. The number of likely N-dealkylation sites (N-methyl/N-ethyl adjacent to an activating group) is 1. The zero-order chi connectivity index (χ0) is 17.3. The summed E-state index contributed by atoms with van der Waals surface area (Å²) in [6.07, 6.45) is 8.67. The number of fused-ring (bicyclic) bond motifs is 2. The molecule has 0 aromatic heterocycles. The monoisotopic (exact) mass is 372 g/mol. The maximum absolute atomic E-state index is 12.7. The molecule has 1 amide bonds. The normalized spacial score (nSPS) is 37.6. The van der Waals surface area contributed by atoms with E-state index in [0.717, 1.165) is 25.2 Å². The summed E-state index contributed by atoms with van der Waals surface area (Å²) in [4.78, 5) is 14.6. The van der Waals surface area contributed by atoms with E-state index in [1.54, 1.807) is 0 Å². The number of ether oxygens (including phenoxy) is 1. The lowest BCUT2D eigenvalue weighted by Crippen LogP contribution is -2.50. The first-order chi connectivity index (χ1) is 11.4. The molecule has 3 fully saturated rings. The van der Waals surface area contributed by atoms with Crippen molar-refractivity contribution in [3.8, 4) is 0 Å². The van der Waals surface area contributed by atoms with Gasteiger partial charge in [-0.2, -0.15) is 0 Å². The molecular weight excluding hydrogens is 336 g/mol. The molecule has 5 atom stereocenters.